The van der Waals surface area contributed by atoms with Gasteiger partial charge in [0.25, 0.3) is 5.91 Å². The van der Waals surface area contributed by atoms with E-state index in [4.69, 9.17) is 0 Å². The van der Waals surface area contributed by atoms with E-state index in [9.17, 15) is 13.2 Å². The molecular weight excluding hydrogens is 408 g/mol. The van der Waals surface area contributed by atoms with E-state index in [1.807, 2.05) is 69.3 Å². The summed E-state index contributed by atoms with van der Waals surface area (Å²) < 4.78 is 26.4. The van der Waals surface area contributed by atoms with Crippen molar-refractivity contribution in [3.05, 3.63) is 101 Å². The van der Waals surface area contributed by atoms with Gasteiger partial charge in [-0.25, -0.2) is 8.42 Å². The average molecular weight is 437 g/mol. The molecule has 0 aliphatic rings. The van der Waals surface area contributed by atoms with Crippen molar-refractivity contribution in [2.75, 3.05) is 10.6 Å². The third kappa shape index (κ3) is 5.73. The van der Waals surface area contributed by atoms with E-state index in [0.717, 1.165) is 22.3 Å². The molecule has 0 unspecified atom stereocenters. The molecule has 0 fully saturated rings. The first kappa shape index (κ1) is 22.6. The Labute approximate surface area is 184 Å². The molecule has 6 heteroatoms. The number of amides is 1. The van der Waals surface area contributed by atoms with Gasteiger partial charge in [-0.1, -0.05) is 54.6 Å². The lowest BCUT2D eigenvalue weighted by Gasteiger charge is -2.25. The number of carbonyl (C=O) groups is 1. The van der Waals surface area contributed by atoms with Gasteiger partial charge >= 0.3 is 0 Å². The van der Waals surface area contributed by atoms with Crippen LogP contribution in [0.25, 0.3) is 0 Å². The zero-order valence-electron chi connectivity index (χ0n) is 18.3. The lowest BCUT2D eigenvalue weighted by atomic mass is 10.1. The molecule has 0 aliphatic heterocycles. The Morgan fingerprint density at radius 3 is 2.23 bits per heavy atom. The van der Waals surface area contributed by atoms with E-state index in [0.29, 0.717) is 11.3 Å². The summed E-state index contributed by atoms with van der Waals surface area (Å²) in [4.78, 5) is 12.6. The summed E-state index contributed by atoms with van der Waals surface area (Å²) >= 11 is 0. The molecular formula is C25H28N2O3S. The highest BCUT2D eigenvalue weighted by Crippen LogP contribution is 2.26. The minimum atomic E-state index is -3.47. The molecule has 3 aromatic rings. The highest BCUT2D eigenvalue weighted by Gasteiger charge is 2.20. The van der Waals surface area contributed by atoms with Crippen molar-refractivity contribution in [1.29, 1.82) is 0 Å². The Hall–Kier alpha value is -3.12. The van der Waals surface area contributed by atoms with Crippen LogP contribution in [0, 0.1) is 13.8 Å². The molecule has 0 bridgehead atoms. The Kier molecular flexibility index (Phi) is 6.81. The first-order valence-corrected chi connectivity index (χ1v) is 12.0. The number of sulfonamides is 1. The molecule has 0 saturated heterocycles. The number of aryl methyl sites for hydroxylation is 2. The number of carbonyl (C=O) groups excluding carboxylic acids is 1. The number of benzene rings is 3. The highest BCUT2D eigenvalue weighted by molar-refractivity contribution is 7.92. The van der Waals surface area contributed by atoms with Crippen molar-refractivity contribution in [3.8, 4) is 0 Å². The van der Waals surface area contributed by atoms with E-state index in [1.54, 1.807) is 24.3 Å². The number of anilines is 1. The predicted molar refractivity (Wildman–Crippen MR) is 126 cm³/mol. The van der Waals surface area contributed by atoms with E-state index in [-0.39, 0.29) is 18.5 Å². The fourth-order valence-electron chi connectivity index (χ4n) is 3.40. The molecule has 162 valence electrons. The molecule has 0 heterocycles. The molecule has 3 rings (SSSR count). The van der Waals surface area contributed by atoms with Crippen molar-refractivity contribution in [3.63, 3.8) is 0 Å². The van der Waals surface area contributed by atoms with Crippen LogP contribution < -0.4 is 9.62 Å². The molecule has 1 amide bonds. The maximum absolute atomic E-state index is 12.6. The van der Waals surface area contributed by atoms with Crippen molar-refractivity contribution >= 4 is 21.6 Å². The summed E-state index contributed by atoms with van der Waals surface area (Å²) in [6.07, 6.45) is 1.21. The summed E-state index contributed by atoms with van der Waals surface area (Å²) in [5, 5.41) is 2.99. The van der Waals surface area contributed by atoms with Crippen LogP contribution in [-0.4, -0.2) is 20.6 Å². The van der Waals surface area contributed by atoms with Crippen molar-refractivity contribution in [1.82, 2.24) is 5.32 Å². The van der Waals surface area contributed by atoms with Crippen molar-refractivity contribution < 1.29 is 13.2 Å². The smallest absolute Gasteiger partial charge is 0.251 e. The van der Waals surface area contributed by atoms with Gasteiger partial charge in [0.15, 0.2) is 0 Å². The molecule has 1 atom stereocenters. The normalized spacial score (nSPS) is 12.3. The van der Waals surface area contributed by atoms with Crippen molar-refractivity contribution in [2.24, 2.45) is 0 Å². The van der Waals surface area contributed by atoms with E-state index in [1.165, 1.54) is 10.6 Å². The summed E-state index contributed by atoms with van der Waals surface area (Å²) in [6, 6.07) is 22.5. The van der Waals surface area contributed by atoms with E-state index < -0.39 is 10.0 Å². The van der Waals surface area contributed by atoms with Crippen LogP contribution in [0.5, 0.6) is 0 Å². The van der Waals surface area contributed by atoms with Gasteiger partial charge in [0, 0.05) is 5.56 Å². The van der Waals surface area contributed by atoms with Crippen LogP contribution in [0.4, 0.5) is 5.69 Å². The number of hydrogen-bond donors (Lipinski definition) is 1. The van der Waals surface area contributed by atoms with Crippen LogP contribution in [0.2, 0.25) is 0 Å². The fourth-order valence-corrected chi connectivity index (χ4v) is 4.34. The maximum atomic E-state index is 12.6. The largest absolute Gasteiger partial charge is 0.346 e. The van der Waals surface area contributed by atoms with Gasteiger partial charge in [0.05, 0.1) is 24.5 Å². The van der Waals surface area contributed by atoms with Gasteiger partial charge in [-0.3, -0.25) is 9.10 Å². The fraction of sp³-hybridized carbons (Fsp3) is 0.240. The molecule has 0 saturated carbocycles. The zero-order valence-corrected chi connectivity index (χ0v) is 19.1. The molecule has 0 aromatic heterocycles. The standard InChI is InChI=1S/C25H28N2O3S/c1-18-10-11-19(2)24(16-18)27(31(4,29)30)17-21-12-14-23(15-13-21)25(28)26-20(3)22-8-6-5-7-9-22/h5-16,20H,17H2,1-4H3,(H,26,28)/t20-/m1/s1. The van der Waals surface area contributed by atoms with E-state index >= 15 is 0 Å². The second-order valence-electron chi connectivity index (χ2n) is 7.86. The third-order valence-corrected chi connectivity index (χ3v) is 6.35. The van der Waals surface area contributed by atoms with Crippen LogP contribution >= 0.6 is 0 Å². The molecule has 3 aromatic carbocycles. The second kappa shape index (κ2) is 9.35. The zero-order chi connectivity index (χ0) is 22.6. The van der Waals surface area contributed by atoms with Gasteiger partial charge in [-0.05, 0) is 61.2 Å². The predicted octanol–water partition coefficient (Wildman–Crippen LogP) is 4.76. The highest BCUT2D eigenvalue weighted by atomic mass is 32.2. The SMILES string of the molecule is Cc1ccc(C)c(N(Cc2ccc(C(=O)N[C@H](C)c3ccccc3)cc2)S(C)(=O)=O)c1. The first-order chi connectivity index (χ1) is 14.6. The maximum Gasteiger partial charge on any atom is 0.251 e. The Balaban J connectivity index is 1.76. The monoisotopic (exact) mass is 436 g/mol. The minimum absolute atomic E-state index is 0.113. The Morgan fingerprint density at radius 1 is 0.968 bits per heavy atom. The lowest BCUT2D eigenvalue weighted by molar-refractivity contribution is 0.0940. The first-order valence-electron chi connectivity index (χ1n) is 10.1. The summed E-state index contributed by atoms with van der Waals surface area (Å²) in [5.41, 5.74) is 4.92. The Morgan fingerprint density at radius 2 is 1.61 bits per heavy atom. The van der Waals surface area contributed by atoms with Crippen LogP contribution in [0.1, 0.15) is 45.6 Å². The minimum Gasteiger partial charge on any atom is -0.346 e. The van der Waals surface area contributed by atoms with Gasteiger partial charge < -0.3 is 5.32 Å². The molecule has 5 nitrogen and oxygen atoms in total. The third-order valence-electron chi connectivity index (χ3n) is 5.22. The summed E-state index contributed by atoms with van der Waals surface area (Å²) in [5.74, 6) is -0.169. The van der Waals surface area contributed by atoms with Crippen LogP contribution in [-0.2, 0) is 16.6 Å². The lowest BCUT2D eigenvalue weighted by Crippen LogP contribution is -2.30. The number of nitrogens with one attached hydrogen (secondary N) is 1. The Bertz CT molecular complexity index is 1160. The molecule has 31 heavy (non-hydrogen) atoms. The number of hydrogen-bond acceptors (Lipinski definition) is 3. The molecule has 0 aliphatic carbocycles. The molecule has 1 N–H and O–H groups in total. The van der Waals surface area contributed by atoms with Gasteiger partial charge in [-0.15, -0.1) is 0 Å². The van der Waals surface area contributed by atoms with Crippen molar-refractivity contribution in [2.45, 2.75) is 33.4 Å². The second-order valence-corrected chi connectivity index (χ2v) is 9.77. The van der Waals surface area contributed by atoms with Gasteiger partial charge in [-0.2, -0.15) is 0 Å². The summed E-state index contributed by atoms with van der Waals surface area (Å²) in [7, 11) is -3.47. The molecule has 0 radical (unpaired) electrons. The summed E-state index contributed by atoms with van der Waals surface area (Å²) in [6.45, 7) is 5.97. The molecule has 0 spiro atoms. The number of rotatable bonds is 7. The number of nitrogens with zero attached hydrogens (tertiary/aromatic N) is 1. The van der Waals surface area contributed by atoms with Crippen LogP contribution in [0.3, 0.4) is 0 Å². The van der Waals surface area contributed by atoms with E-state index in [2.05, 4.69) is 5.32 Å². The van der Waals surface area contributed by atoms with Crippen LogP contribution in [0.15, 0.2) is 72.8 Å². The van der Waals surface area contributed by atoms with Gasteiger partial charge in [0.2, 0.25) is 10.0 Å². The quantitative estimate of drug-likeness (QED) is 0.581. The van der Waals surface area contributed by atoms with Gasteiger partial charge in [0.1, 0.15) is 0 Å². The average Bonchev–Trinajstić information content (AvgIpc) is 2.74. The topological polar surface area (TPSA) is 66.5 Å².